The molecule has 2 N–H and O–H groups in total. The van der Waals surface area contributed by atoms with Crippen LogP contribution in [-0.2, 0) is 7.05 Å². The van der Waals surface area contributed by atoms with Crippen molar-refractivity contribution in [2.45, 2.75) is 57.7 Å². The number of aromatic nitrogens is 4. The maximum Gasteiger partial charge on any atom is 0.151 e. The van der Waals surface area contributed by atoms with E-state index in [-0.39, 0.29) is 16.8 Å². The van der Waals surface area contributed by atoms with Crippen molar-refractivity contribution in [3.63, 3.8) is 0 Å². The molecule has 0 bridgehead atoms. The number of hydrogen-bond acceptors (Lipinski definition) is 6. The fraction of sp³-hybridized carbons (Fsp3) is 0.458. The average molecular weight is 421 g/mol. The molecule has 1 aliphatic rings. The Morgan fingerprint density at radius 1 is 1.03 bits per heavy atom. The van der Waals surface area contributed by atoms with Gasteiger partial charge in [0.25, 0.3) is 0 Å². The van der Waals surface area contributed by atoms with Gasteiger partial charge in [-0.15, -0.1) is 10.2 Å². The summed E-state index contributed by atoms with van der Waals surface area (Å²) >= 11 is 0. The van der Waals surface area contributed by atoms with Crippen molar-refractivity contribution in [3.8, 4) is 28.1 Å². The summed E-state index contributed by atoms with van der Waals surface area (Å²) in [6.07, 6.45) is 5.77. The highest BCUT2D eigenvalue weighted by Crippen LogP contribution is 2.34. The zero-order valence-electron chi connectivity index (χ0n) is 19.2. The minimum absolute atomic E-state index is 0.0653. The predicted octanol–water partition coefficient (Wildman–Crippen LogP) is 4.00. The van der Waals surface area contributed by atoms with E-state index in [0.717, 1.165) is 29.8 Å². The van der Waals surface area contributed by atoms with E-state index in [2.05, 4.69) is 60.3 Å². The summed E-state index contributed by atoms with van der Waals surface area (Å²) in [6, 6.07) is 9.87. The van der Waals surface area contributed by atoms with Crippen LogP contribution in [0.25, 0.3) is 22.4 Å². The first-order valence-corrected chi connectivity index (χ1v) is 10.7. The molecule has 0 unspecified atom stereocenters. The van der Waals surface area contributed by atoms with Crippen LogP contribution in [0.5, 0.6) is 5.75 Å². The molecule has 0 amide bonds. The molecule has 164 valence electrons. The number of rotatable bonds is 4. The van der Waals surface area contributed by atoms with Crippen molar-refractivity contribution >= 4 is 5.82 Å². The number of benzene rings is 1. The van der Waals surface area contributed by atoms with Crippen LogP contribution < -0.4 is 10.2 Å². The van der Waals surface area contributed by atoms with Crippen LogP contribution in [0.15, 0.2) is 42.7 Å². The van der Waals surface area contributed by atoms with Gasteiger partial charge in [-0.05, 0) is 70.4 Å². The van der Waals surface area contributed by atoms with Crippen molar-refractivity contribution in [1.29, 1.82) is 0 Å². The standard InChI is InChI=1S/C24H32N6O/c1-23(2)12-18(13-24(3,4)28-23)30(6)22-10-9-20(26-27-22)19-8-7-16(11-21(19)31)17-14-25-29(5)15-17/h7-11,14-15,18,28,31H,12-13H2,1-6H3. The Morgan fingerprint density at radius 3 is 2.29 bits per heavy atom. The lowest BCUT2D eigenvalue weighted by molar-refractivity contribution is 0.160. The zero-order chi connectivity index (χ0) is 22.4. The highest BCUT2D eigenvalue weighted by Gasteiger charge is 2.39. The van der Waals surface area contributed by atoms with Gasteiger partial charge in [0.1, 0.15) is 5.75 Å². The van der Waals surface area contributed by atoms with Crippen LogP contribution in [0.1, 0.15) is 40.5 Å². The molecule has 3 heterocycles. The molecule has 7 heteroatoms. The Hall–Kier alpha value is -2.93. The summed E-state index contributed by atoms with van der Waals surface area (Å²) in [5, 5.41) is 27.4. The minimum Gasteiger partial charge on any atom is -0.507 e. The Balaban J connectivity index is 1.54. The maximum atomic E-state index is 10.6. The quantitative estimate of drug-likeness (QED) is 0.664. The van der Waals surface area contributed by atoms with Crippen LogP contribution in [0.4, 0.5) is 5.82 Å². The molecule has 0 aliphatic carbocycles. The first-order chi connectivity index (χ1) is 14.5. The van der Waals surface area contributed by atoms with E-state index in [4.69, 9.17) is 0 Å². The van der Waals surface area contributed by atoms with Gasteiger partial charge in [-0.3, -0.25) is 4.68 Å². The van der Waals surface area contributed by atoms with Crippen LogP contribution >= 0.6 is 0 Å². The molecule has 0 spiro atoms. The fourth-order valence-electron chi connectivity index (χ4n) is 4.88. The van der Waals surface area contributed by atoms with E-state index >= 15 is 0 Å². The number of aryl methyl sites for hydroxylation is 1. The number of aromatic hydroxyl groups is 1. The van der Waals surface area contributed by atoms with Gasteiger partial charge in [0.2, 0.25) is 0 Å². The van der Waals surface area contributed by atoms with E-state index in [9.17, 15) is 5.11 Å². The van der Waals surface area contributed by atoms with Gasteiger partial charge < -0.3 is 15.3 Å². The summed E-state index contributed by atoms with van der Waals surface area (Å²) in [6.45, 7) is 9.01. The first-order valence-electron chi connectivity index (χ1n) is 10.7. The third-order valence-corrected chi connectivity index (χ3v) is 6.04. The maximum absolute atomic E-state index is 10.6. The zero-order valence-corrected chi connectivity index (χ0v) is 19.2. The van der Waals surface area contributed by atoms with E-state index in [1.54, 1.807) is 16.9 Å². The van der Waals surface area contributed by atoms with Gasteiger partial charge in [0.15, 0.2) is 5.82 Å². The smallest absolute Gasteiger partial charge is 0.151 e. The van der Waals surface area contributed by atoms with Gasteiger partial charge >= 0.3 is 0 Å². The minimum atomic E-state index is 0.0653. The summed E-state index contributed by atoms with van der Waals surface area (Å²) in [5.74, 6) is 1.02. The SMILES string of the molecule is CN(c1ccc(-c2ccc(-c3cnn(C)c3)cc2O)nn1)C1CC(C)(C)NC(C)(C)C1. The van der Waals surface area contributed by atoms with Crippen molar-refractivity contribution < 1.29 is 5.11 Å². The monoisotopic (exact) mass is 420 g/mol. The summed E-state index contributed by atoms with van der Waals surface area (Å²) in [5.41, 5.74) is 3.32. The van der Waals surface area contributed by atoms with E-state index in [0.29, 0.717) is 17.3 Å². The molecule has 1 aliphatic heterocycles. The number of piperidine rings is 1. The number of hydrogen-bond donors (Lipinski definition) is 2. The molecule has 31 heavy (non-hydrogen) atoms. The molecule has 2 aromatic heterocycles. The largest absolute Gasteiger partial charge is 0.507 e. The second-order valence-corrected chi connectivity index (χ2v) is 9.98. The van der Waals surface area contributed by atoms with Crippen molar-refractivity contribution in [3.05, 3.63) is 42.7 Å². The Kier molecular flexibility index (Phi) is 5.25. The lowest BCUT2D eigenvalue weighted by Crippen LogP contribution is -2.62. The van der Waals surface area contributed by atoms with Crippen molar-refractivity contribution in [1.82, 2.24) is 25.3 Å². The van der Waals surface area contributed by atoms with E-state index in [1.807, 2.05) is 37.5 Å². The molecule has 3 aromatic rings. The highest BCUT2D eigenvalue weighted by molar-refractivity contribution is 5.73. The third-order valence-electron chi connectivity index (χ3n) is 6.04. The molecule has 1 fully saturated rings. The molecule has 7 nitrogen and oxygen atoms in total. The second kappa shape index (κ2) is 7.64. The second-order valence-electron chi connectivity index (χ2n) is 9.98. The topological polar surface area (TPSA) is 79.1 Å². The highest BCUT2D eigenvalue weighted by atomic mass is 16.3. The lowest BCUT2D eigenvalue weighted by atomic mass is 9.79. The average Bonchev–Trinajstić information content (AvgIpc) is 3.11. The van der Waals surface area contributed by atoms with Gasteiger partial charge in [-0.25, -0.2) is 0 Å². The van der Waals surface area contributed by atoms with Crippen LogP contribution in [0, 0.1) is 0 Å². The molecule has 4 rings (SSSR count). The summed E-state index contributed by atoms with van der Waals surface area (Å²) in [4.78, 5) is 2.23. The summed E-state index contributed by atoms with van der Waals surface area (Å²) < 4.78 is 1.74. The third kappa shape index (κ3) is 4.56. The molecule has 1 aromatic carbocycles. The van der Waals surface area contributed by atoms with E-state index < -0.39 is 0 Å². The first kappa shape index (κ1) is 21.3. The molecular weight excluding hydrogens is 388 g/mol. The van der Waals surface area contributed by atoms with Gasteiger partial charge in [-0.1, -0.05) is 6.07 Å². The molecule has 0 atom stereocenters. The summed E-state index contributed by atoms with van der Waals surface area (Å²) in [7, 11) is 3.96. The van der Waals surface area contributed by atoms with E-state index in [1.165, 1.54) is 0 Å². The van der Waals surface area contributed by atoms with Crippen LogP contribution in [0.3, 0.4) is 0 Å². The molecule has 0 saturated carbocycles. The van der Waals surface area contributed by atoms with Crippen molar-refractivity contribution in [2.24, 2.45) is 7.05 Å². The van der Waals surface area contributed by atoms with Gasteiger partial charge in [0.05, 0.1) is 11.9 Å². The Labute approximate surface area is 184 Å². The number of nitrogens with one attached hydrogen (secondary N) is 1. The molecular formula is C24H32N6O. The number of phenolic OH excluding ortho intramolecular Hbond substituents is 1. The van der Waals surface area contributed by atoms with Gasteiger partial charge in [-0.2, -0.15) is 5.10 Å². The molecule has 1 saturated heterocycles. The number of phenols is 1. The molecule has 0 radical (unpaired) electrons. The lowest BCUT2D eigenvalue weighted by Gasteiger charge is -2.49. The van der Waals surface area contributed by atoms with Crippen LogP contribution in [0.2, 0.25) is 0 Å². The normalized spacial score (nSPS) is 18.1. The fourth-order valence-corrected chi connectivity index (χ4v) is 4.88. The number of nitrogens with zero attached hydrogens (tertiary/aromatic N) is 5. The Bertz CT molecular complexity index is 1050. The number of anilines is 1. The Morgan fingerprint density at radius 2 is 1.74 bits per heavy atom. The van der Waals surface area contributed by atoms with Crippen molar-refractivity contribution in [2.75, 3.05) is 11.9 Å². The predicted molar refractivity (Wildman–Crippen MR) is 124 cm³/mol. The van der Waals surface area contributed by atoms with Crippen LogP contribution in [-0.4, -0.2) is 49.3 Å². The van der Waals surface area contributed by atoms with Gasteiger partial charge in [0, 0.05) is 48.5 Å².